The van der Waals surface area contributed by atoms with Gasteiger partial charge in [-0.1, -0.05) is 25.3 Å². The molecule has 1 saturated carbocycles. The summed E-state index contributed by atoms with van der Waals surface area (Å²) in [5.41, 5.74) is 1.20. The van der Waals surface area contributed by atoms with Crippen molar-refractivity contribution in [3.8, 4) is 0 Å². The Morgan fingerprint density at radius 2 is 1.92 bits per heavy atom. The van der Waals surface area contributed by atoms with Crippen molar-refractivity contribution in [2.75, 3.05) is 13.2 Å². The Morgan fingerprint density at radius 3 is 2.62 bits per heavy atom. The van der Waals surface area contributed by atoms with Crippen LogP contribution in [-0.4, -0.2) is 36.2 Å². The first-order valence-electron chi connectivity index (χ1n) is 8.75. The molecule has 130 valence electrons. The molecule has 1 heterocycles. The molecule has 1 atom stereocenters. The van der Waals surface area contributed by atoms with E-state index in [4.69, 9.17) is 4.74 Å². The van der Waals surface area contributed by atoms with Gasteiger partial charge in [0.2, 0.25) is 0 Å². The Morgan fingerprint density at radius 1 is 1.21 bits per heavy atom. The summed E-state index contributed by atoms with van der Waals surface area (Å²) >= 11 is 0. The maximum Gasteiger partial charge on any atom is 0.335 e. The first kappa shape index (κ1) is 17.0. The predicted molar refractivity (Wildman–Crippen MR) is 90.3 cm³/mol. The largest absolute Gasteiger partial charge is 0.478 e. The van der Waals surface area contributed by atoms with Gasteiger partial charge < -0.3 is 15.2 Å². The van der Waals surface area contributed by atoms with Crippen LogP contribution in [-0.2, 0) is 4.74 Å². The van der Waals surface area contributed by atoms with E-state index in [1.807, 2.05) is 0 Å². The van der Waals surface area contributed by atoms with E-state index in [0.717, 1.165) is 19.3 Å². The first-order valence-corrected chi connectivity index (χ1v) is 8.75. The van der Waals surface area contributed by atoms with Crippen LogP contribution in [0.2, 0.25) is 0 Å². The lowest BCUT2D eigenvalue weighted by atomic mass is 9.67. The third-order valence-electron chi connectivity index (χ3n) is 5.64. The molecule has 1 aromatic carbocycles. The van der Waals surface area contributed by atoms with Crippen molar-refractivity contribution in [2.45, 2.75) is 51.5 Å². The molecule has 5 nitrogen and oxygen atoms in total. The number of carboxylic acids is 1. The van der Waals surface area contributed by atoms with E-state index in [0.29, 0.717) is 24.3 Å². The topological polar surface area (TPSA) is 75.6 Å². The molecule has 2 fully saturated rings. The molecule has 24 heavy (non-hydrogen) atoms. The standard InChI is InChI=1S/C19H25NO4/c1-13-14(6-5-7-15(13)18(22)23)17(21)20-16-8-11-24-12-19(16)9-3-2-4-10-19/h5-7,16H,2-4,8-12H2,1H3,(H,20,21)(H,22,23). The highest BCUT2D eigenvalue weighted by molar-refractivity contribution is 6.00. The van der Waals surface area contributed by atoms with E-state index >= 15 is 0 Å². The van der Waals surface area contributed by atoms with Gasteiger partial charge in [-0.3, -0.25) is 4.79 Å². The summed E-state index contributed by atoms with van der Waals surface area (Å²) in [5, 5.41) is 12.4. The van der Waals surface area contributed by atoms with Crippen LogP contribution in [0, 0.1) is 12.3 Å². The van der Waals surface area contributed by atoms with Gasteiger partial charge in [-0.2, -0.15) is 0 Å². The lowest BCUT2D eigenvalue weighted by molar-refractivity contribution is -0.0509. The zero-order valence-electron chi connectivity index (χ0n) is 14.1. The monoisotopic (exact) mass is 331 g/mol. The summed E-state index contributed by atoms with van der Waals surface area (Å²) in [6, 6.07) is 4.97. The van der Waals surface area contributed by atoms with Crippen molar-refractivity contribution >= 4 is 11.9 Å². The van der Waals surface area contributed by atoms with Gasteiger partial charge in [0.25, 0.3) is 5.91 Å². The van der Waals surface area contributed by atoms with Crippen molar-refractivity contribution in [3.63, 3.8) is 0 Å². The highest BCUT2D eigenvalue weighted by Crippen LogP contribution is 2.42. The second-order valence-electron chi connectivity index (χ2n) is 7.07. The number of nitrogens with one attached hydrogen (secondary N) is 1. The third kappa shape index (κ3) is 3.18. The van der Waals surface area contributed by atoms with E-state index in [1.165, 1.54) is 25.3 Å². The first-order chi connectivity index (χ1) is 11.5. The normalized spacial score (nSPS) is 23.0. The Kier molecular flexibility index (Phi) is 4.90. The summed E-state index contributed by atoms with van der Waals surface area (Å²) in [5.74, 6) is -1.18. The smallest absolute Gasteiger partial charge is 0.335 e. The Bertz CT molecular complexity index is 626. The fourth-order valence-corrected chi connectivity index (χ4v) is 4.21. The van der Waals surface area contributed by atoms with Crippen LogP contribution in [0.25, 0.3) is 0 Å². The summed E-state index contributed by atoms with van der Waals surface area (Å²) in [6.45, 7) is 3.08. The molecule has 1 aliphatic heterocycles. The molecule has 2 N–H and O–H groups in total. The zero-order chi connectivity index (χ0) is 17.2. The molecule has 5 heteroatoms. The van der Waals surface area contributed by atoms with Crippen LogP contribution < -0.4 is 5.32 Å². The Hall–Kier alpha value is -1.88. The predicted octanol–water partition coefficient (Wildman–Crippen LogP) is 3.16. The van der Waals surface area contributed by atoms with Crippen molar-refractivity contribution in [3.05, 3.63) is 34.9 Å². The molecule has 0 radical (unpaired) electrons. The van der Waals surface area contributed by atoms with E-state index in [9.17, 15) is 14.7 Å². The van der Waals surface area contributed by atoms with E-state index in [1.54, 1.807) is 19.1 Å². The number of carboxylic acid groups (broad SMARTS) is 1. The number of carbonyl (C=O) groups is 2. The molecule has 1 aliphatic carbocycles. The number of carbonyl (C=O) groups excluding carboxylic acids is 1. The molecule has 1 unspecified atom stereocenters. The van der Waals surface area contributed by atoms with E-state index in [2.05, 4.69) is 5.32 Å². The highest BCUT2D eigenvalue weighted by Gasteiger charge is 2.43. The number of hydrogen-bond donors (Lipinski definition) is 2. The molecule has 1 aromatic rings. The minimum Gasteiger partial charge on any atom is -0.478 e. The quantitative estimate of drug-likeness (QED) is 0.892. The molecule has 1 spiro atoms. The summed E-state index contributed by atoms with van der Waals surface area (Å²) in [6.07, 6.45) is 6.62. The fourth-order valence-electron chi connectivity index (χ4n) is 4.21. The van der Waals surface area contributed by atoms with Gasteiger partial charge in [0.15, 0.2) is 0 Å². The van der Waals surface area contributed by atoms with Gasteiger partial charge in [-0.05, 0) is 43.9 Å². The van der Waals surface area contributed by atoms with Crippen molar-refractivity contribution in [2.24, 2.45) is 5.41 Å². The maximum absolute atomic E-state index is 12.8. The van der Waals surface area contributed by atoms with Crippen LogP contribution in [0.3, 0.4) is 0 Å². The minimum atomic E-state index is -1.00. The number of ether oxygens (including phenoxy) is 1. The molecular weight excluding hydrogens is 306 g/mol. The van der Waals surface area contributed by atoms with Gasteiger partial charge in [-0.25, -0.2) is 4.79 Å². The number of aromatic carboxylic acids is 1. The van der Waals surface area contributed by atoms with Gasteiger partial charge in [0.1, 0.15) is 0 Å². The van der Waals surface area contributed by atoms with Crippen LogP contribution in [0.15, 0.2) is 18.2 Å². The lowest BCUT2D eigenvalue weighted by Gasteiger charge is -2.46. The average Bonchev–Trinajstić information content (AvgIpc) is 2.58. The summed E-state index contributed by atoms with van der Waals surface area (Å²) in [7, 11) is 0. The molecule has 2 aliphatic rings. The summed E-state index contributed by atoms with van der Waals surface area (Å²) in [4.78, 5) is 24.1. The molecular formula is C19H25NO4. The number of benzene rings is 1. The molecule has 1 amide bonds. The second-order valence-corrected chi connectivity index (χ2v) is 7.07. The zero-order valence-corrected chi connectivity index (χ0v) is 14.1. The maximum atomic E-state index is 12.8. The fraction of sp³-hybridized carbons (Fsp3) is 0.579. The van der Waals surface area contributed by atoms with Gasteiger partial charge in [0.05, 0.1) is 12.2 Å². The van der Waals surface area contributed by atoms with Gasteiger partial charge in [0, 0.05) is 23.6 Å². The number of hydrogen-bond acceptors (Lipinski definition) is 3. The molecule has 3 rings (SSSR count). The molecule has 0 aromatic heterocycles. The minimum absolute atomic E-state index is 0.0461. The molecule has 1 saturated heterocycles. The van der Waals surface area contributed by atoms with E-state index < -0.39 is 5.97 Å². The SMILES string of the molecule is Cc1c(C(=O)O)cccc1C(=O)NC1CCOCC12CCCCC2. The van der Waals surface area contributed by atoms with Gasteiger partial charge in [-0.15, -0.1) is 0 Å². The van der Waals surface area contributed by atoms with Crippen molar-refractivity contribution in [1.29, 1.82) is 0 Å². The average molecular weight is 331 g/mol. The van der Waals surface area contributed by atoms with Gasteiger partial charge >= 0.3 is 5.97 Å². The Balaban J connectivity index is 1.81. The van der Waals surface area contributed by atoms with Crippen molar-refractivity contribution < 1.29 is 19.4 Å². The van der Waals surface area contributed by atoms with Crippen LogP contribution in [0.4, 0.5) is 0 Å². The third-order valence-corrected chi connectivity index (χ3v) is 5.64. The second kappa shape index (κ2) is 6.93. The molecule has 0 bridgehead atoms. The van der Waals surface area contributed by atoms with Crippen molar-refractivity contribution in [1.82, 2.24) is 5.32 Å². The lowest BCUT2D eigenvalue weighted by Crippen LogP contribution is -2.54. The Labute approximate surface area is 142 Å². The summed E-state index contributed by atoms with van der Waals surface area (Å²) < 4.78 is 5.73. The van der Waals surface area contributed by atoms with E-state index in [-0.39, 0.29) is 22.9 Å². The van der Waals surface area contributed by atoms with Crippen LogP contribution >= 0.6 is 0 Å². The van der Waals surface area contributed by atoms with Crippen LogP contribution in [0.1, 0.15) is 64.8 Å². The number of amides is 1. The number of rotatable bonds is 3. The van der Waals surface area contributed by atoms with Crippen LogP contribution in [0.5, 0.6) is 0 Å². The highest BCUT2D eigenvalue weighted by atomic mass is 16.5.